The number of alkyl halides is 2. The zero-order valence-corrected chi connectivity index (χ0v) is 18.0. The highest BCUT2D eigenvalue weighted by Crippen LogP contribution is 2.38. The van der Waals surface area contributed by atoms with Gasteiger partial charge >= 0.3 is 0 Å². The standard InChI is InChI=1S/C22H28F2N6O2/c1-15(25)18(30(26)17-5-3-16(4-6-17)21(23)24)11-32-20-8-7-19(27-28-20)29-10-2-9-22(12-29)13-31-14-22/h3-8,21H,2,9-14,25-26H2,1H3/b18-15-. The van der Waals surface area contributed by atoms with Crippen molar-refractivity contribution >= 4 is 11.5 Å². The largest absolute Gasteiger partial charge is 0.470 e. The number of piperidine rings is 1. The quantitative estimate of drug-likeness (QED) is 0.494. The van der Waals surface area contributed by atoms with Gasteiger partial charge in [0.15, 0.2) is 5.82 Å². The Balaban J connectivity index is 1.38. The first kappa shape index (κ1) is 22.2. The minimum absolute atomic E-state index is 0.0492. The lowest BCUT2D eigenvalue weighted by molar-refractivity contribution is -0.117. The number of ether oxygens (including phenoxy) is 2. The second-order valence-electron chi connectivity index (χ2n) is 8.43. The molecular formula is C22H28F2N6O2. The number of hydrogen-bond donors (Lipinski definition) is 2. The molecule has 172 valence electrons. The molecule has 4 rings (SSSR count). The molecule has 2 aliphatic heterocycles. The summed E-state index contributed by atoms with van der Waals surface area (Å²) in [5.74, 6) is 7.33. The van der Waals surface area contributed by atoms with E-state index < -0.39 is 6.43 Å². The Kier molecular flexibility index (Phi) is 6.43. The van der Waals surface area contributed by atoms with E-state index in [0.29, 0.717) is 23.0 Å². The van der Waals surface area contributed by atoms with E-state index in [0.717, 1.165) is 38.5 Å². The number of hydrogen-bond acceptors (Lipinski definition) is 8. The van der Waals surface area contributed by atoms with Crippen LogP contribution < -0.4 is 26.2 Å². The van der Waals surface area contributed by atoms with Gasteiger partial charge in [-0.2, -0.15) is 0 Å². The normalized spacial score (nSPS) is 18.3. The number of nitrogens with zero attached hydrogens (tertiary/aromatic N) is 4. The van der Waals surface area contributed by atoms with Crippen molar-refractivity contribution in [1.29, 1.82) is 0 Å². The van der Waals surface area contributed by atoms with Crippen molar-refractivity contribution in [2.24, 2.45) is 17.0 Å². The Labute approximate surface area is 185 Å². The van der Waals surface area contributed by atoms with Gasteiger partial charge in [-0.3, -0.25) is 5.01 Å². The molecule has 0 atom stereocenters. The van der Waals surface area contributed by atoms with Gasteiger partial charge in [0.05, 0.1) is 24.6 Å². The number of aromatic nitrogens is 2. The summed E-state index contributed by atoms with van der Waals surface area (Å²) in [5, 5.41) is 9.83. The molecule has 0 bridgehead atoms. The van der Waals surface area contributed by atoms with E-state index in [1.165, 1.54) is 35.7 Å². The maximum absolute atomic E-state index is 12.8. The van der Waals surface area contributed by atoms with Crippen molar-refractivity contribution in [3.8, 4) is 5.88 Å². The Morgan fingerprint density at radius 1 is 1.22 bits per heavy atom. The zero-order valence-electron chi connectivity index (χ0n) is 18.0. The van der Waals surface area contributed by atoms with Gasteiger partial charge in [-0.05, 0) is 38.0 Å². The highest BCUT2D eigenvalue weighted by Gasteiger charge is 2.42. The van der Waals surface area contributed by atoms with Gasteiger partial charge in [-0.15, -0.1) is 10.2 Å². The first-order chi connectivity index (χ1) is 15.4. The summed E-state index contributed by atoms with van der Waals surface area (Å²) in [4.78, 5) is 2.24. The van der Waals surface area contributed by atoms with E-state index in [-0.39, 0.29) is 17.6 Å². The second kappa shape index (κ2) is 9.25. The third kappa shape index (κ3) is 4.76. The van der Waals surface area contributed by atoms with Crippen LogP contribution in [0.2, 0.25) is 0 Å². The number of rotatable bonds is 7. The Bertz CT molecular complexity index is 944. The van der Waals surface area contributed by atoms with E-state index in [1.54, 1.807) is 13.0 Å². The van der Waals surface area contributed by atoms with Gasteiger partial charge in [0.25, 0.3) is 6.43 Å². The minimum Gasteiger partial charge on any atom is -0.470 e. The van der Waals surface area contributed by atoms with Crippen LogP contribution in [-0.4, -0.2) is 43.1 Å². The number of benzene rings is 1. The maximum Gasteiger partial charge on any atom is 0.263 e. The van der Waals surface area contributed by atoms with Gasteiger partial charge in [0.1, 0.15) is 6.61 Å². The second-order valence-corrected chi connectivity index (χ2v) is 8.43. The van der Waals surface area contributed by atoms with Gasteiger partial charge in [0.2, 0.25) is 5.88 Å². The molecule has 32 heavy (non-hydrogen) atoms. The molecule has 3 heterocycles. The lowest BCUT2D eigenvalue weighted by Crippen LogP contribution is -2.54. The molecule has 0 aliphatic carbocycles. The van der Waals surface area contributed by atoms with E-state index in [9.17, 15) is 8.78 Å². The number of nitrogens with two attached hydrogens (primary N) is 2. The van der Waals surface area contributed by atoms with Crippen molar-refractivity contribution in [2.75, 3.05) is 42.8 Å². The van der Waals surface area contributed by atoms with Crippen molar-refractivity contribution in [2.45, 2.75) is 26.2 Å². The number of allylic oxidation sites excluding steroid dienone is 1. The fourth-order valence-corrected chi connectivity index (χ4v) is 4.04. The van der Waals surface area contributed by atoms with Crippen LogP contribution in [0.4, 0.5) is 20.3 Å². The van der Waals surface area contributed by atoms with Crippen LogP contribution in [0.25, 0.3) is 0 Å². The van der Waals surface area contributed by atoms with Crippen molar-refractivity contribution in [1.82, 2.24) is 10.2 Å². The van der Waals surface area contributed by atoms with Crippen LogP contribution in [0.5, 0.6) is 5.88 Å². The smallest absolute Gasteiger partial charge is 0.263 e. The molecule has 0 amide bonds. The molecule has 2 fully saturated rings. The minimum atomic E-state index is -2.54. The van der Waals surface area contributed by atoms with Crippen LogP contribution in [0, 0.1) is 5.41 Å². The summed E-state index contributed by atoms with van der Waals surface area (Å²) in [5.41, 5.74) is 7.61. The molecule has 2 aromatic rings. The molecule has 0 saturated carbocycles. The van der Waals surface area contributed by atoms with E-state index in [4.69, 9.17) is 21.1 Å². The van der Waals surface area contributed by atoms with Crippen LogP contribution in [0.3, 0.4) is 0 Å². The number of anilines is 2. The number of halogens is 2. The summed E-state index contributed by atoms with van der Waals surface area (Å²) < 4.78 is 36.7. The lowest BCUT2D eigenvalue weighted by Gasteiger charge is -2.48. The Morgan fingerprint density at radius 3 is 2.53 bits per heavy atom. The third-order valence-corrected chi connectivity index (χ3v) is 5.95. The highest BCUT2D eigenvalue weighted by atomic mass is 19.3. The molecule has 4 N–H and O–H groups in total. The Hall–Kier alpha value is -2.98. The molecule has 1 aromatic heterocycles. The monoisotopic (exact) mass is 446 g/mol. The molecule has 1 aromatic carbocycles. The molecule has 2 aliphatic rings. The fraction of sp³-hybridized carbons (Fsp3) is 0.455. The average molecular weight is 447 g/mol. The van der Waals surface area contributed by atoms with Gasteiger partial charge in [-0.25, -0.2) is 14.6 Å². The SMILES string of the molecule is C/C(N)=C(\COc1ccc(N2CCCC3(COC3)C2)nn1)N(N)c1ccc(C(F)F)cc1. The van der Waals surface area contributed by atoms with Gasteiger partial charge < -0.3 is 20.1 Å². The topological polar surface area (TPSA) is 103 Å². The van der Waals surface area contributed by atoms with Crippen LogP contribution in [0.15, 0.2) is 47.8 Å². The van der Waals surface area contributed by atoms with Crippen LogP contribution in [-0.2, 0) is 4.74 Å². The Morgan fingerprint density at radius 2 is 1.97 bits per heavy atom. The van der Waals surface area contributed by atoms with Crippen molar-refractivity contribution < 1.29 is 18.3 Å². The summed E-state index contributed by atoms with van der Waals surface area (Å²) >= 11 is 0. The van der Waals surface area contributed by atoms with E-state index in [2.05, 4.69) is 15.1 Å². The molecule has 10 heteroatoms. The fourth-order valence-electron chi connectivity index (χ4n) is 4.04. The average Bonchev–Trinajstić information content (AvgIpc) is 2.78. The zero-order chi connectivity index (χ0) is 22.7. The molecule has 0 radical (unpaired) electrons. The van der Waals surface area contributed by atoms with Crippen molar-refractivity contribution in [3.05, 3.63) is 53.4 Å². The third-order valence-electron chi connectivity index (χ3n) is 5.95. The highest BCUT2D eigenvalue weighted by molar-refractivity contribution is 5.52. The molecule has 2 saturated heterocycles. The molecule has 0 unspecified atom stereocenters. The molecular weight excluding hydrogens is 418 g/mol. The lowest BCUT2D eigenvalue weighted by atomic mass is 9.78. The number of hydrazine groups is 1. The first-order valence-electron chi connectivity index (χ1n) is 10.5. The summed E-state index contributed by atoms with van der Waals surface area (Å²) in [6, 6.07) is 9.34. The molecule has 1 spiro atoms. The van der Waals surface area contributed by atoms with Crippen LogP contribution >= 0.6 is 0 Å². The predicted molar refractivity (Wildman–Crippen MR) is 117 cm³/mol. The van der Waals surface area contributed by atoms with E-state index in [1.807, 2.05) is 6.07 Å². The summed E-state index contributed by atoms with van der Waals surface area (Å²) in [6.45, 7) is 5.24. The molecule has 8 nitrogen and oxygen atoms in total. The maximum atomic E-state index is 12.8. The van der Waals surface area contributed by atoms with Crippen LogP contribution in [0.1, 0.15) is 31.8 Å². The van der Waals surface area contributed by atoms with Gasteiger partial charge in [-0.1, -0.05) is 12.1 Å². The van der Waals surface area contributed by atoms with Gasteiger partial charge in [0, 0.05) is 35.8 Å². The first-order valence-corrected chi connectivity index (χ1v) is 10.5. The van der Waals surface area contributed by atoms with Crippen molar-refractivity contribution in [3.63, 3.8) is 0 Å². The van der Waals surface area contributed by atoms with E-state index >= 15 is 0 Å². The summed E-state index contributed by atoms with van der Waals surface area (Å²) in [6.07, 6.45) is -0.242. The predicted octanol–water partition coefficient (Wildman–Crippen LogP) is 2.98. The summed E-state index contributed by atoms with van der Waals surface area (Å²) in [7, 11) is 0.